The molecule has 0 aliphatic rings. The normalized spacial score (nSPS) is 8.92. The summed E-state index contributed by atoms with van der Waals surface area (Å²) in [5, 5.41) is 17.9. The van der Waals surface area contributed by atoms with Gasteiger partial charge in [0.15, 0.2) is 0 Å². The SMILES string of the molecule is CSc1cc(C#N)c(C#N)cc1Cl. The van der Waals surface area contributed by atoms with Crippen LogP contribution in [0.2, 0.25) is 5.02 Å². The number of thioether (sulfide) groups is 1. The third-order valence-corrected chi connectivity index (χ3v) is 2.74. The van der Waals surface area contributed by atoms with Crippen molar-refractivity contribution in [2.45, 2.75) is 4.90 Å². The molecule has 0 unspecified atom stereocenters. The van der Waals surface area contributed by atoms with Crippen LogP contribution < -0.4 is 0 Å². The van der Waals surface area contributed by atoms with Crippen molar-refractivity contribution >= 4 is 23.4 Å². The number of hydrogen-bond acceptors (Lipinski definition) is 3. The molecule has 0 amide bonds. The zero-order valence-corrected chi connectivity index (χ0v) is 8.41. The lowest BCUT2D eigenvalue weighted by molar-refractivity contribution is 1.37. The molecule has 0 fully saturated rings. The van der Waals surface area contributed by atoms with Gasteiger partial charge in [-0.15, -0.1) is 11.8 Å². The van der Waals surface area contributed by atoms with Crippen LogP contribution in [0.15, 0.2) is 17.0 Å². The zero-order chi connectivity index (χ0) is 9.84. The lowest BCUT2D eigenvalue weighted by atomic mass is 10.1. The predicted octanol–water partition coefficient (Wildman–Crippen LogP) is 2.81. The van der Waals surface area contributed by atoms with Gasteiger partial charge in [0.05, 0.1) is 16.1 Å². The van der Waals surface area contributed by atoms with E-state index >= 15 is 0 Å². The molecule has 0 aliphatic heterocycles. The van der Waals surface area contributed by atoms with Crippen LogP contribution in [0.3, 0.4) is 0 Å². The Morgan fingerprint density at radius 2 is 1.77 bits per heavy atom. The van der Waals surface area contributed by atoms with E-state index in [2.05, 4.69) is 0 Å². The van der Waals surface area contributed by atoms with E-state index in [1.807, 2.05) is 18.4 Å². The summed E-state index contributed by atoms with van der Waals surface area (Å²) >= 11 is 7.31. The largest absolute Gasteiger partial charge is 0.192 e. The monoisotopic (exact) mass is 208 g/mol. The Kier molecular flexibility index (Phi) is 3.19. The van der Waals surface area contributed by atoms with Gasteiger partial charge >= 0.3 is 0 Å². The van der Waals surface area contributed by atoms with Crippen LogP contribution >= 0.6 is 23.4 Å². The van der Waals surface area contributed by atoms with E-state index in [9.17, 15) is 0 Å². The molecular weight excluding hydrogens is 204 g/mol. The highest BCUT2D eigenvalue weighted by molar-refractivity contribution is 7.98. The summed E-state index contributed by atoms with van der Waals surface area (Å²) in [4.78, 5) is 0.817. The molecule has 4 heteroatoms. The van der Waals surface area contributed by atoms with Gasteiger partial charge in [0.1, 0.15) is 12.1 Å². The van der Waals surface area contributed by atoms with Crippen molar-refractivity contribution in [3.8, 4) is 12.1 Å². The van der Waals surface area contributed by atoms with Crippen LogP contribution in [0.5, 0.6) is 0 Å². The third-order valence-electron chi connectivity index (χ3n) is 1.53. The second-order valence-electron chi connectivity index (χ2n) is 2.26. The first-order valence-corrected chi connectivity index (χ1v) is 5.01. The molecule has 0 aromatic heterocycles. The van der Waals surface area contributed by atoms with E-state index in [1.165, 1.54) is 17.8 Å². The number of nitrogens with zero attached hydrogens (tertiary/aromatic N) is 2. The maximum Gasteiger partial charge on any atom is 0.101 e. The molecule has 2 nitrogen and oxygen atoms in total. The van der Waals surface area contributed by atoms with Gasteiger partial charge in [-0.3, -0.25) is 0 Å². The first-order valence-electron chi connectivity index (χ1n) is 3.40. The first-order chi connectivity index (χ1) is 6.22. The molecule has 0 heterocycles. The fraction of sp³-hybridized carbons (Fsp3) is 0.111. The average molecular weight is 209 g/mol. The fourth-order valence-corrected chi connectivity index (χ4v) is 1.78. The lowest BCUT2D eigenvalue weighted by Gasteiger charge is -2.01. The van der Waals surface area contributed by atoms with Gasteiger partial charge in [-0.1, -0.05) is 11.6 Å². The van der Waals surface area contributed by atoms with Crippen molar-refractivity contribution in [2.75, 3.05) is 6.26 Å². The molecule has 1 aromatic rings. The molecule has 13 heavy (non-hydrogen) atoms. The quantitative estimate of drug-likeness (QED) is 0.667. The second kappa shape index (κ2) is 4.18. The van der Waals surface area contributed by atoms with Gasteiger partial charge in [-0.25, -0.2) is 0 Å². The second-order valence-corrected chi connectivity index (χ2v) is 3.51. The Morgan fingerprint density at radius 3 is 2.23 bits per heavy atom. The zero-order valence-electron chi connectivity index (χ0n) is 6.84. The Bertz CT molecular complexity index is 415. The highest BCUT2D eigenvalue weighted by atomic mass is 35.5. The lowest BCUT2D eigenvalue weighted by Crippen LogP contribution is -1.85. The Labute approximate surface area is 85.7 Å². The number of nitriles is 2. The summed E-state index contributed by atoms with van der Waals surface area (Å²) in [5.74, 6) is 0. The number of hydrogen-bond donors (Lipinski definition) is 0. The summed E-state index contributed by atoms with van der Waals surface area (Å²) in [6, 6.07) is 7.03. The van der Waals surface area contributed by atoms with Crippen molar-refractivity contribution in [3.63, 3.8) is 0 Å². The van der Waals surface area contributed by atoms with Crippen LogP contribution in [-0.4, -0.2) is 6.26 Å². The van der Waals surface area contributed by atoms with E-state index < -0.39 is 0 Å². The van der Waals surface area contributed by atoms with Crippen LogP contribution in [0, 0.1) is 22.7 Å². The molecular formula is C9H5ClN2S. The number of rotatable bonds is 1. The molecule has 0 N–H and O–H groups in total. The molecule has 0 aliphatic carbocycles. The summed E-state index contributed by atoms with van der Waals surface area (Å²) in [6.45, 7) is 0. The summed E-state index contributed by atoms with van der Waals surface area (Å²) in [6.07, 6.45) is 1.87. The highest BCUT2D eigenvalue weighted by Crippen LogP contribution is 2.28. The number of benzene rings is 1. The Hall–Kier alpha value is -1.16. The number of halogens is 1. The van der Waals surface area contributed by atoms with Crippen LogP contribution in [0.4, 0.5) is 0 Å². The summed E-state index contributed by atoms with van der Waals surface area (Å²) in [7, 11) is 0. The maximum absolute atomic E-state index is 8.71. The van der Waals surface area contributed by atoms with Crippen molar-refractivity contribution in [1.82, 2.24) is 0 Å². The minimum absolute atomic E-state index is 0.324. The van der Waals surface area contributed by atoms with Crippen molar-refractivity contribution < 1.29 is 0 Å². The Morgan fingerprint density at radius 1 is 1.23 bits per heavy atom. The molecule has 0 atom stereocenters. The summed E-state index contributed by atoms with van der Waals surface area (Å²) < 4.78 is 0. The standard InChI is InChI=1S/C9H5ClN2S/c1-13-9-3-7(5-12)6(4-11)2-8(9)10/h2-3H,1H3. The molecule has 0 bridgehead atoms. The summed E-state index contributed by atoms with van der Waals surface area (Å²) in [5.41, 5.74) is 0.696. The van der Waals surface area contributed by atoms with Gasteiger partial charge < -0.3 is 0 Å². The molecule has 0 saturated carbocycles. The molecule has 1 aromatic carbocycles. The van der Waals surface area contributed by atoms with Gasteiger partial charge in [-0.05, 0) is 18.4 Å². The molecule has 0 spiro atoms. The first kappa shape index (κ1) is 9.92. The van der Waals surface area contributed by atoms with Gasteiger partial charge in [0, 0.05) is 4.90 Å². The Balaban J connectivity index is 3.39. The minimum Gasteiger partial charge on any atom is -0.192 e. The van der Waals surface area contributed by atoms with Gasteiger partial charge in [-0.2, -0.15) is 10.5 Å². The smallest absolute Gasteiger partial charge is 0.101 e. The van der Waals surface area contributed by atoms with Gasteiger partial charge in [0.25, 0.3) is 0 Å². The topological polar surface area (TPSA) is 47.6 Å². The molecule has 1 rings (SSSR count). The molecule has 64 valence electrons. The van der Waals surface area contributed by atoms with E-state index in [1.54, 1.807) is 6.07 Å². The van der Waals surface area contributed by atoms with E-state index in [4.69, 9.17) is 22.1 Å². The van der Waals surface area contributed by atoms with E-state index in [-0.39, 0.29) is 0 Å². The van der Waals surface area contributed by atoms with Crippen molar-refractivity contribution in [2.24, 2.45) is 0 Å². The molecule has 0 saturated heterocycles. The fourth-order valence-electron chi connectivity index (χ4n) is 0.895. The third kappa shape index (κ3) is 1.95. The minimum atomic E-state index is 0.324. The van der Waals surface area contributed by atoms with Gasteiger partial charge in [0.2, 0.25) is 0 Å². The average Bonchev–Trinajstić information content (AvgIpc) is 2.17. The van der Waals surface area contributed by atoms with E-state index in [0.29, 0.717) is 16.1 Å². The van der Waals surface area contributed by atoms with Crippen LogP contribution in [0.1, 0.15) is 11.1 Å². The molecule has 0 radical (unpaired) electrons. The van der Waals surface area contributed by atoms with E-state index in [0.717, 1.165) is 4.90 Å². The van der Waals surface area contributed by atoms with Crippen LogP contribution in [-0.2, 0) is 0 Å². The van der Waals surface area contributed by atoms with Crippen molar-refractivity contribution in [1.29, 1.82) is 10.5 Å². The van der Waals surface area contributed by atoms with Crippen LogP contribution in [0.25, 0.3) is 0 Å². The maximum atomic E-state index is 8.71. The van der Waals surface area contributed by atoms with Crippen molar-refractivity contribution in [3.05, 3.63) is 28.3 Å². The highest BCUT2D eigenvalue weighted by Gasteiger charge is 2.06. The predicted molar refractivity (Wildman–Crippen MR) is 52.7 cm³/mol.